The summed E-state index contributed by atoms with van der Waals surface area (Å²) >= 11 is 1.67. The van der Waals surface area contributed by atoms with Crippen LogP contribution < -0.4 is 5.73 Å². The standard InChI is InChI=1S/C15H21N5S/c1-11(14(16)12-7-3-2-4-8-12)21-15-17-18-19-20(15)13-9-5-6-10-13/h2-4,7-8,11,13-14H,5-6,9-10,16H2,1H3. The fourth-order valence-electron chi connectivity index (χ4n) is 2.83. The second kappa shape index (κ2) is 6.58. The minimum Gasteiger partial charge on any atom is -0.323 e. The second-order valence-corrected chi connectivity index (χ2v) is 6.95. The van der Waals surface area contributed by atoms with Gasteiger partial charge in [-0.15, -0.1) is 5.10 Å². The van der Waals surface area contributed by atoms with Gasteiger partial charge in [0.15, 0.2) is 0 Å². The zero-order valence-electron chi connectivity index (χ0n) is 12.2. The molecule has 1 aliphatic rings. The zero-order chi connectivity index (χ0) is 14.7. The van der Waals surface area contributed by atoms with Crippen molar-refractivity contribution in [1.82, 2.24) is 20.2 Å². The smallest absolute Gasteiger partial charge is 0.209 e. The predicted octanol–water partition coefficient (Wildman–Crippen LogP) is 2.97. The number of tetrazole rings is 1. The molecule has 0 radical (unpaired) electrons. The second-order valence-electron chi connectivity index (χ2n) is 5.60. The van der Waals surface area contributed by atoms with E-state index in [1.165, 1.54) is 25.7 Å². The molecule has 0 aliphatic heterocycles. The number of hydrogen-bond acceptors (Lipinski definition) is 5. The fraction of sp³-hybridized carbons (Fsp3) is 0.533. The van der Waals surface area contributed by atoms with E-state index in [9.17, 15) is 0 Å². The molecule has 2 atom stereocenters. The number of aromatic nitrogens is 4. The van der Waals surface area contributed by atoms with Crippen molar-refractivity contribution in [1.29, 1.82) is 0 Å². The van der Waals surface area contributed by atoms with E-state index in [0.717, 1.165) is 10.7 Å². The van der Waals surface area contributed by atoms with Gasteiger partial charge in [0.05, 0.1) is 6.04 Å². The zero-order valence-corrected chi connectivity index (χ0v) is 13.0. The molecule has 1 aromatic heterocycles. The lowest BCUT2D eigenvalue weighted by Gasteiger charge is -2.20. The molecule has 1 aliphatic carbocycles. The molecule has 2 unspecified atom stereocenters. The Bertz CT molecular complexity index is 564. The van der Waals surface area contributed by atoms with E-state index in [1.54, 1.807) is 11.8 Å². The summed E-state index contributed by atoms with van der Waals surface area (Å²) < 4.78 is 1.99. The summed E-state index contributed by atoms with van der Waals surface area (Å²) in [6.07, 6.45) is 4.90. The number of hydrogen-bond donors (Lipinski definition) is 1. The molecule has 0 amide bonds. The Kier molecular flexibility index (Phi) is 4.55. The molecule has 112 valence electrons. The van der Waals surface area contributed by atoms with E-state index >= 15 is 0 Å². The molecular formula is C15H21N5S. The van der Waals surface area contributed by atoms with Crippen LogP contribution in [0.3, 0.4) is 0 Å². The normalized spacial score (nSPS) is 18.8. The van der Waals surface area contributed by atoms with Crippen LogP contribution in [-0.4, -0.2) is 25.5 Å². The Labute approximate surface area is 129 Å². The highest BCUT2D eigenvalue weighted by Crippen LogP contribution is 2.34. The van der Waals surface area contributed by atoms with Gasteiger partial charge in [0, 0.05) is 11.3 Å². The van der Waals surface area contributed by atoms with E-state index < -0.39 is 0 Å². The van der Waals surface area contributed by atoms with Gasteiger partial charge >= 0.3 is 0 Å². The fourth-order valence-corrected chi connectivity index (χ4v) is 3.84. The van der Waals surface area contributed by atoms with Crippen molar-refractivity contribution in [2.45, 2.75) is 55.1 Å². The Morgan fingerprint density at radius 3 is 2.67 bits per heavy atom. The first-order valence-corrected chi connectivity index (χ1v) is 8.38. The topological polar surface area (TPSA) is 69.6 Å². The van der Waals surface area contributed by atoms with Crippen LogP contribution in [0.2, 0.25) is 0 Å². The minimum absolute atomic E-state index is 0.0232. The third kappa shape index (κ3) is 3.27. The van der Waals surface area contributed by atoms with Crippen LogP contribution in [-0.2, 0) is 0 Å². The highest BCUT2D eigenvalue weighted by molar-refractivity contribution is 7.99. The lowest BCUT2D eigenvalue weighted by molar-refractivity contribution is 0.422. The summed E-state index contributed by atoms with van der Waals surface area (Å²) in [5, 5.41) is 13.3. The number of nitrogens with two attached hydrogens (primary N) is 1. The first-order chi connectivity index (χ1) is 10.3. The highest BCUT2D eigenvalue weighted by atomic mass is 32.2. The van der Waals surface area contributed by atoms with Gasteiger partial charge in [-0.25, -0.2) is 4.68 Å². The summed E-state index contributed by atoms with van der Waals surface area (Å²) in [4.78, 5) is 0. The average molecular weight is 303 g/mol. The lowest BCUT2D eigenvalue weighted by atomic mass is 10.1. The maximum Gasteiger partial charge on any atom is 0.209 e. The molecule has 6 heteroatoms. The summed E-state index contributed by atoms with van der Waals surface area (Å²) in [7, 11) is 0. The van der Waals surface area contributed by atoms with Gasteiger partial charge in [0.2, 0.25) is 5.16 Å². The van der Waals surface area contributed by atoms with Crippen molar-refractivity contribution in [3.8, 4) is 0 Å². The molecular weight excluding hydrogens is 282 g/mol. The molecule has 1 aromatic carbocycles. The van der Waals surface area contributed by atoms with Crippen molar-refractivity contribution >= 4 is 11.8 Å². The number of rotatable bonds is 5. The molecule has 0 spiro atoms. The Morgan fingerprint density at radius 2 is 1.95 bits per heavy atom. The van der Waals surface area contributed by atoms with Crippen LogP contribution in [0.1, 0.15) is 50.3 Å². The Hall–Kier alpha value is -1.40. The van der Waals surface area contributed by atoms with Crippen molar-refractivity contribution in [2.75, 3.05) is 0 Å². The van der Waals surface area contributed by atoms with Crippen LogP contribution in [0.25, 0.3) is 0 Å². The van der Waals surface area contributed by atoms with Crippen molar-refractivity contribution < 1.29 is 0 Å². The third-order valence-electron chi connectivity index (χ3n) is 4.11. The maximum atomic E-state index is 6.36. The van der Waals surface area contributed by atoms with E-state index in [4.69, 9.17) is 5.73 Å². The largest absolute Gasteiger partial charge is 0.323 e. The molecule has 1 saturated carbocycles. The van der Waals surface area contributed by atoms with Crippen molar-refractivity contribution in [3.05, 3.63) is 35.9 Å². The number of nitrogens with zero attached hydrogens (tertiary/aromatic N) is 4. The summed E-state index contributed by atoms with van der Waals surface area (Å²) in [6.45, 7) is 2.13. The van der Waals surface area contributed by atoms with Gasteiger partial charge in [-0.05, 0) is 28.8 Å². The first kappa shape index (κ1) is 14.5. The molecule has 21 heavy (non-hydrogen) atoms. The van der Waals surface area contributed by atoms with Crippen LogP contribution >= 0.6 is 11.8 Å². The van der Waals surface area contributed by atoms with Gasteiger partial charge in [-0.2, -0.15) is 0 Å². The summed E-state index contributed by atoms with van der Waals surface area (Å²) in [5.41, 5.74) is 7.51. The molecule has 0 bridgehead atoms. The molecule has 2 aromatic rings. The first-order valence-electron chi connectivity index (χ1n) is 7.51. The molecule has 2 N–H and O–H groups in total. The monoisotopic (exact) mass is 303 g/mol. The number of thioether (sulfide) groups is 1. The van der Waals surface area contributed by atoms with Gasteiger partial charge in [-0.1, -0.05) is 61.9 Å². The van der Waals surface area contributed by atoms with Crippen LogP contribution in [0.5, 0.6) is 0 Å². The quantitative estimate of drug-likeness (QED) is 0.860. The maximum absolute atomic E-state index is 6.36. The molecule has 5 nitrogen and oxygen atoms in total. The van der Waals surface area contributed by atoms with Crippen molar-refractivity contribution in [2.24, 2.45) is 5.73 Å². The van der Waals surface area contributed by atoms with Gasteiger partial charge in [-0.3, -0.25) is 0 Å². The van der Waals surface area contributed by atoms with Crippen molar-refractivity contribution in [3.63, 3.8) is 0 Å². The van der Waals surface area contributed by atoms with E-state index in [1.807, 2.05) is 22.9 Å². The van der Waals surface area contributed by atoms with Gasteiger partial charge in [0.1, 0.15) is 0 Å². The predicted molar refractivity (Wildman–Crippen MR) is 84.0 cm³/mol. The van der Waals surface area contributed by atoms with E-state index in [-0.39, 0.29) is 11.3 Å². The number of benzene rings is 1. The molecule has 1 heterocycles. The molecule has 1 fully saturated rings. The van der Waals surface area contributed by atoms with E-state index in [0.29, 0.717) is 6.04 Å². The average Bonchev–Trinajstić information content (AvgIpc) is 3.18. The Morgan fingerprint density at radius 1 is 1.24 bits per heavy atom. The molecule has 3 rings (SSSR count). The summed E-state index contributed by atoms with van der Waals surface area (Å²) in [5.74, 6) is 0. The minimum atomic E-state index is -0.0232. The third-order valence-corrected chi connectivity index (χ3v) is 5.26. The van der Waals surface area contributed by atoms with Crippen LogP contribution in [0.15, 0.2) is 35.5 Å². The van der Waals surface area contributed by atoms with Gasteiger partial charge in [0.25, 0.3) is 0 Å². The SMILES string of the molecule is CC(Sc1nnnn1C1CCCC1)C(N)c1ccccc1. The van der Waals surface area contributed by atoms with Gasteiger partial charge < -0.3 is 5.73 Å². The van der Waals surface area contributed by atoms with Crippen LogP contribution in [0, 0.1) is 0 Å². The van der Waals surface area contributed by atoms with E-state index in [2.05, 4.69) is 34.6 Å². The summed E-state index contributed by atoms with van der Waals surface area (Å²) in [6, 6.07) is 10.6. The van der Waals surface area contributed by atoms with Crippen LogP contribution in [0.4, 0.5) is 0 Å². The highest BCUT2D eigenvalue weighted by Gasteiger charge is 2.24. The lowest BCUT2D eigenvalue weighted by Crippen LogP contribution is -2.22. The Balaban J connectivity index is 1.70. The molecule has 0 saturated heterocycles.